The molecule has 4 rings (SSSR count). The summed E-state index contributed by atoms with van der Waals surface area (Å²) in [5.41, 5.74) is 5.47. The smallest absolute Gasteiger partial charge is 0.250 e. The maximum atomic E-state index is 11.2. The van der Waals surface area contributed by atoms with Crippen LogP contribution < -0.4 is 20.5 Å². The van der Waals surface area contributed by atoms with Crippen molar-refractivity contribution >= 4 is 35.2 Å². The lowest BCUT2D eigenvalue weighted by molar-refractivity contribution is -0.114. The summed E-state index contributed by atoms with van der Waals surface area (Å²) in [6.07, 6.45) is 2.29. The monoisotopic (exact) mass is 424 g/mol. The van der Waals surface area contributed by atoms with Gasteiger partial charge in [-0.05, 0) is 37.5 Å². The molecule has 2 fully saturated rings. The van der Waals surface area contributed by atoms with Crippen molar-refractivity contribution < 1.29 is 9.53 Å². The van der Waals surface area contributed by atoms with Crippen molar-refractivity contribution in [1.29, 1.82) is 0 Å². The van der Waals surface area contributed by atoms with Gasteiger partial charge in [-0.25, -0.2) is 5.43 Å². The molecule has 10 nitrogen and oxygen atoms in total. The fourth-order valence-corrected chi connectivity index (χ4v) is 3.56. The summed E-state index contributed by atoms with van der Waals surface area (Å²) >= 11 is 0. The van der Waals surface area contributed by atoms with Gasteiger partial charge >= 0.3 is 0 Å². The highest BCUT2D eigenvalue weighted by molar-refractivity contribution is 5.99. The van der Waals surface area contributed by atoms with E-state index in [2.05, 4.69) is 35.6 Å². The van der Waals surface area contributed by atoms with E-state index in [1.165, 1.54) is 6.92 Å². The van der Waals surface area contributed by atoms with E-state index in [0.29, 0.717) is 31.1 Å². The standard InChI is InChI=1S/C21H28N8O2/c1-15(17-5-7-18(8-6-17)22-16(2)30)26-27-19-23-20(28-9-3-4-10-28)25-21(24-19)29-11-13-31-14-12-29/h5-8H,3-4,9-14H2,1-2H3,(H,22,30)(H,23,24,25,27)/b26-15-. The topological polar surface area (TPSA) is 108 Å². The van der Waals surface area contributed by atoms with Crippen LogP contribution in [0, 0.1) is 0 Å². The first-order valence-electron chi connectivity index (χ1n) is 10.6. The van der Waals surface area contributed by atoms with Crippen molar-refractivity contribution in [3.8, 4) is 0 Å². The van der Waals surface area contributed by atoms with Gasteiger partial charge < -0.3 is 19.9 Å². The number of hydrogen-bond acceptors (Lipinski definition) is 9. The van der Waals surface area contributed by atoms with Crippen molar-refractivity contribution in [3.05, 3.63) is 29.8 Å². The maximum Gasteiger partial charge on any atom is 0.250 e. The number of anilines is 4. The highest BCUT2D eigenvalue weighted by atomic mass is 16.5. The molecule has 0 aliphatic carbocycles. The van der Waals surface area contributed by atoms with Crippen LogP contribution in [-0.2, 0) is 9.53 Å². The van der Waals surface area contributed by atoms with Gasteiger partial charge in [-0.15, -0.1) is 0 Å². The van der Waals surface area contributed by atoms with Crippen molar-refractivity contribution in [2.24, 2.45) is 5.10 Å². The van der Waals surface area contributed by atoms with Gasteiger partial charge in [-0.1, -0.05) is 12.1 Å². The molecule has 0 spiro atoms. The molecule has 10 heteroatoms. The molecule has 0 unspecified atom stereocenters. The second kappa shape index (κ2) is 9.69. The minimum absolute atomic E-state index is 0.0977. The molecule has 2 N–H and O–H groups in total. The number of ether oxygens (including phenoxy) is 1. The Morgan fingerprint density at radius 3 is 2.16 bits per heavy atom. The number of hydrogen-bond donors (Lipinski definition) is 2. The molecule has 0 radical (unpaired) electrons. The number of morpholine rings is 1. The van der Waals surface area contributed by atoms with E-state index < -0.39 is 0 Å². The zero-order valence-corrected chi connectivity index (χ0v) is 18.0. The summed E-state index contributed by atoms with van der Waals surface area (Å²) < 4.78 is 5.46. The average molecular weight is 425 g/mol. The first-order valence-corrected chi connectivity index (χ1v) is 10.6. The van der Waals surface area contributed by atoms with Crippen molar-refractivity contribution in [2.45, 2.75) is 26.7 Å². The molecule has 2 aliphatic heterocycles. The molecule has 3 heterocycles. The third-order valence-corrected chi connectivity index (χ3v) is 5.24. The lowest BCUT2D eigenvalue weighted by Gasteiger charge is -2.27. The number of hydrazone groups is 1. The highest BCUT2D eigenvalue weighted by Crippen LogP contribution is 2.21. The minimum Gasteiger partial charge on any atom is -0.378 e. The normalized spacial score (nSPS) is 17.0. The van der Waals surface area contributed by atoms with Gasteiger partial charge in [0.15, 0.2) is 0 Å². The third kappa shape index (κ3) is 5.46. The number of aromatic nitrogens is 3. The SMILES string of the molecule is CC(=O)Nc1ccc(/C(C)=N\Nc2nc(N3CCCC3)nc(N3CCOCC3)n2)cc1. The Labute approximate surface area is 181 Å². The van der Waals surface area contributed by atoms with Crippen molar-refractivity contribution in [1.82, 2.24) is 15.0 Å². The highest BCUT2D eigenvalue weighted by Gasteiger charge is 2.21. The van der Waals surface area contributed by atoms with Gasteiger partial charge in [0.05, 0.1) is 18.9 Å². The van der Waals surface area contributed by atoms with Crippen molar-refractivity contribution in [3.63, 3.8) is 0 Å². The minimum atomic E-state index is -0.0977. The molecule has 0 saturated carbocycles. The van der Waals surface area contributed by atoms with Crippen LogP contribution in [0.4, 0.5) is 23.5 Å². The molecule has 31 heavy (non-hydrogen) atoms. The Bertz CT molecular complexity index is 935. The second-order valence-corrected chi connectivity index (χ2v) is 7.62. The van der Waals surface area contributed by atoms with E-state index in [-0.39, 0.29) is 5.91 Å². The molecule has 2 aliphatic rings. The number of nitrogens with zero attached hydrogens (tertiary/aromatic N) is 6. The predicted octanol–water partition coefficient (Wildman–Crippen LogP) is 2.10. The summed E-state index contributed by atoms with van der Waals surface area (Å²) in [5.74, 6) is 1.66. The molecular weight excluding hydrogens is 396 g/mol. The summed E-state index contributed by atoms with van der Waals surface area (Å²) in [6.45, 7) is 8.15. The van der Waals surface area contributed by atoms with Crippen LogP contribution in [0.25, 0.3) is 0 Å². The lowest BCUT2D eigenvalue weighted by atomic mass is 10.1. The summed E-state index contributed by atoms with van der Waals surface area (Å²) in [6, 6.07) is 7.52. The van der Waals surface area contributed by atoms with Crippen LogP contribution in [0.15, 0.2) is 29.4 Å². The van der Waals surface area contributed by atoms with E-state index >= 15 is 0 Å². The fourth-order valence-electron chi connectivity index (χ4n) is 3.56. The number of carbonyl (C=O) groups is 1. The van der Waals surface area contributed by atoms with Crippen molar-refractivity contribution in [2.75, 3.05) is 59.9 Å². The van der Waals surface area contributed by atoms with Crippen LogP contribution in [-0.4, -0.2) is 66.0 Å². The second-order valence-electron chi connectivity index (χ2n) is 7.62. The average Bonchev–Trinajstić information content (AvgIpc) is 3.33. The molecule has 1 aromatic heterocycles. The maximum absolute atomic E-state index is 11.2. The Morgan fingerprint density at radius 1 is 0.935 bits per heavy atom. The van der Waals surface area contributed by atoms with Crippen LogP contribution >= 0.6 is 0 Å². The number of benzene rings is 1. The van der Waals surface area contributed by atoms with Gasteiger partial charge in [0, 0.05) is 38.8 Å². The first kappa shape index (κ1) is 21.0. The molecule has 2 aromatic rings. The fraction of sp³-hybridized carbons (Fsp3) is 0.476. The summed E-state index contributed by atoms with van der Waals surface area (Å²) in [4.78, 5) is 29.4. The Hall–Kier alpha value is -3.27. The van der Waals surface area contributed by atoms with Gasteiger partial charge in [0.25, 0.3) is 0 Å². The van der Waals surface area contributed by atoms with E-state index in [9.17, 15) is 4.79 Å². The molecule has 164 valence electrons. The molecular formula is C21H28N8O2. The Kier molecular flexibility index (Phi) is 6.56. The molecule has 0 atom stereocenters. The number of carbonyl (C=O) groups excluding carboxylic acids is 1. The molecule has 2 saturated heterocycles. The van der Waals surface area contributed by atoms with Gasteiger partial charge in [-0.3, -0.25) is 4.79 Å². The molecule has 0 bridgehead atoms. The molecule has 1 amide bonds. The zero-order chi connectivity index (χ0) is 21.6. The Balaban J connectivity index is 1.53. The first-order chi connectivity index (χ1) is 15.1. The quantitative estimate of drug-likeness (QED) is 0.536. The van der Waals surface area contributed by atoms with Gasteiger partial charge in [0.2, 0.25) is 23.8 Å². The van der Waals surface area contributed by atoms with Crippen LogP contribution in [0.3, 0.4) is 0 Å². The van der Waals surface area contributed by atoms with Crippen LogP contribution in [0.5, 0.6) is 0 Å². The number of rotatable bonds is 6. The number of nitrogens with one attached hydrogen (secondary N) is 2. The van der Waals surface area contributed by atoms with Gasteiger partial charge in [-0.2, -0.15) is 20.1 Å². The predicted molar refractivity (Wildman–Crippen MR) is 121 cm³/mol. The largest absolute Gasteiger partial charge is 0.378 e. The molecule has 1 aromatic carbocycles. The number of amides is 1. The lowest BCUT2D eigenvalue weighted by Crippen LogP contribution is -2.38. The van der Waals surface area contributed by atoms with Crippen LogP contribution in [0.1, 0.15) is 32.3 Å². The van der Waals surface area contributed by atoms with Gasteiger partial charge in [0.1, 0.15) is 0 Å². The van der Waals surface area contributed by atoms with E-state index in [0.717, 1.165) is 56.0 Å². The van der Waals surface area contributed by atoms with E-state index in [1.54, 1.807) is 0 Å². The van der Waals surface area contributed by atoms with E-state index in [4.69, 9.17) is 9.72 Å². The summed E-state index contributed by atoms with van der Waals surface area (Å²) in [5, 5.41) is 7.23. The van der Waals surface area contributed by atoms with Crippen LogP contribution in [0.2, 0.25) is 0 Å². The zero-order valence-electron chi connectivity index (χ0n) is 18.0. The van der Waals surface area contributed by atoms with E-state index in [1.807, 2.05) is 31.2 Å². The Morgan fingerprint density at radius 2 is 1.55 bits per heavy atom. The third-order valence-electron chi connectivity index (χ3n) is 5.24. The summed E-state index contributed by atoms with van der Waals surface area (Å²) in [7, 11) is 0.